The van der Waals surface area contributed by atoms with Crippen molar-refractivity contribution in [3.63, 3.8) is 0 Å². The standard InChI is InChI=1S/C14H26N2.ClH/c1-2-13-10-16(11-14(13)3-1)9-6-12-4-7-15-8-5-12;/h12-15H,1-11H2;1H. The summed E-state index contributed by atoms with van der Waals surface area (Å²) in [5.74, 6) is 3.17. The molecule has 0 aromatic carbocycles. The molecule has 3 aliphatic rings. The zero-order chi connectivity index (χ0) is 10.8. The van der Waals surface area contributed by atoms with Gasteiger partial charge in [0.2, 0.25) is 0 Å². The minimum absolute atomic E-state index is 0. The van der Waals surface area contributed by atoms with Gasteiger partial charge in [0.15, 0.2) is 0 Å². The van der Waals surface area contributed by atoms with Crippen LogP contribution in [0.1, 0.15) is 38.5 Å². The summed E-state index contributed by atoms with van der Waals surface area (Å²) in [4.78, 5) is 2.76. The van der Waals surface area contributed by atoms with Gasteiger partial charge in [-0.2, -0.15) is 0 Å². The summed E-state index contributed by atoms with van der Waals surface area (Å²) >= 11 is 0. The van der Waals surface area contributed by atoms with Crippen LogP contribution in [0.2, 0.25) is 0 Å². The molecule has 2 heterocycles. The number of likely N-dealkylation sites (tertiary alicyclic amines) is 1. The van der Waals surface area contributed by atoms with Gasteiger partial charge < -0.3 is 10.2 Å². The average molecular weight is 259 g/mol. The molecule has 1 aliphatic carbocycles. The highest BCUT2D eigenvalue weighted by Gasteiger charge is 2.35. The summed E-state index contributed by atoms with van der Waals surface area (Å²) < 4.78 is 0. The van der Waals surface area contributed by atoms with E-state index in [-0.39, 0.29) is 12.4 Å². The highest BCUT2D eigenvalue weighted by atomic mass is 35.5. The summed E-state index contributed by atoms with van der Waals surface area (Å²) in [6.45, 7) is 6.76. The molecule has 3 fully saturated rings. The van der Waals surface area contributed by atoms with Crippen molar-refractivity contribution in [3.8, 4) is 0 Å². The van der Waals surface area contributed by atoms with Crippen LogP contribution >= 0.6 is 12.4 Å². The minimum Gasteiger partial charge on any atom is -0.317 e. The van der Waals surface area contributed by atoms with Gasteiger partial charge in [-0.15, -0.1) is 12.4 Å². The maximum Gasteiger partial charge on any atom is 0.00129 e. The van der Waals surface area contributed by atoms with Crippen molar-refractivity contribution < 1.29 is 0 Å². The van der Waals surface area contributed by atoms with Gasteiger partial charge in [-0.3, -0.25) is 0 Å². The summed E-state index contributed by atoms with van der Waals surface area (Å²) in [5.41, 5.74) is 0. The van der Waals surface area contributed by atoms with Crippen LogP contribution in [0.25, 0.3) is 0 Å². The number of fused-ring (bicyclic) bond motifs is 1. The van der Waals surface area contributed by atoms with E-state index in [0.29, 0.717) is 0 Å². The molecule has 100 valence electrons. The number of halogens is 1. The highest BCUT2D eigenvalue weighted by Crippen LogP contribution is 2.37. The van der Waals surface area contributed by atoms with Crippen LogP contribution < -0.4 is 5.32 Å². The Bertz CT molecular complexity index is 216. The predicted octanol–water partition coefficient (Wildman–Crippen LogP) is 2.53. The number of nitrogens with one attached hydrogen (secondary N) is 1. The highest BCUT2D eigenvalue weighted by molar-refractivity contribution is 5.85. The normalized spacial score (nSPS) is 34.6. The van der Waals surface area contributed by atoms with Crippen molar-refractivity contribution in [2.75, 3.05) is 32.7 Å². The van der Waals surface area contributed by atoms with E-state index >= 15 is 0 Å². The second-order valence-electron chi connectivity index (χ2n) is 6.19. The van der Waals surface area contributed by atoms with E-state index in [1.807, 2.05) is 0 Å². The third kappa shape index (κ3) is 3.36. The Balaban J connectivity index is 0.00000108. The van der Waals surface area contributed by atoms with Gasteiger partial charge >= 0.3 is 0 Å². The maximum absolute atomic E-state index is 3.46. The summed E-state index contributed by atoms with van der Waals surface area (Å²) in [7, 11) is 0. The van der Waals surface area contributed by atoms with Crippen molar-refractivity contribution in [1.82, 2.24) is 10.2 Å². The Kier molecular flexibility index (Phi) is 5.13. The van der Waals surface area contributed by atoms with Gasteiger partial charge in [0.25, 0.3) is 0 Å². The number of piperidine rings is 1. The van der Waals surface area contributed by atoms with E-state index < -0.39 is 0 Å². The first-order valence-corrected chi connectivity index (χ1v) is 7.35. The number of rotatable bonds is 3. The molecule has 2 atom stereocenters. The first-order valence-electron chi connectivity index (χ1n) is 7.35. The van der Waals surface area contributed by atoms with Gasteiger partial charge in [0.1, 0.15) is 0 Å². The number of nitrogens with zero attached hydrogens (tertiary/aromatic N) is 1. The molecule has 2 unspecified atom stereocenters. The van der Waals surface area contributed by atoms with Gasteiger partial charge in [0.05, 0.1) is 0 Å². The van der Waals surface area contributed by atoms with E-state index in [4.69, 9.17) is 0 Å². The molecule has 3 heteroatoms. The lowest BCUT2D eigenvalue weighted by Crippen LogP contribution is -2.31. The fraction of sp³-hybridized carbons (Fsp3) is 1.00. The van der Waals surface area contributed by atoms with Crippen LogP contribution in [0.5, 0.6) is 0 Å². The lowest BCUT2D eigenvalue weighted by Gasteiger charge is -2.25. The molecular weight excluding hydrogens is 232 g/mol. The van der Waals surface area contributed by atoms with Gasteiger partial charge in [0, 0.05) is 13.1 Å². The Labute approximate surface area is 112 Å². The first-order chi connectivity index (χ1) is 7.92. The SMILES string of the molecule is C1CC2CN(CCC3CCNCC3)CC2C1.Cl. The molecule has 0 aromatic heterocycles. The van der Waals surface area contributed by atoms with Crippen LogP contribution in [-0.2, 0) is 0 Å². The van der Waals surface area contributed by atoms with Crippen molar-refractivity contribution in [3.05, 3.63) is 0 Å². The second-order valence-corrected chi connectivity index (χ2v) is 6.19. The van der Waals surface area contributed by atoms with Crippen LogP contribution in [0.3, 0.4) is 0 Å². The third-order valence-corrected chi connectivity index (χ3v) is 5.11. The smallest absolute Gasteiger partial charge is 0.00129 e. The molecule has 2 aliphatic heterocycles. The van der Waals surface area contributed by atoms with Crippen LogP contribution in [-0.4, -0.2) is 37.6 Å². The average Bonchev–Trinajstić information content (AvgIpc) is 2.88. The predicted molar refractivity (Wildman–Crippen MR) is 74.7 cm³/mol. The molecule has 2 nitrogen and oxygen atoms in total. The molecule has 0 radical (unpaired) electrons. The molecule has 1 saturated carbocycles. The van der Waals surface area contributed by atoms with Crippen molar-refractivity contribution in [1.29, 1.82) is 0 Å². The Morgan fingerprint density at radius 1 is 0.941 bits per heavy atom. The monoisotopic (exact) mass is 258 g/mol. The number of hydrogen-bond donors (Lipinski definition) is 1. The summed E-state index contributed by atoms with van der Waals surface area (Å²) in [6, 6.07) is 0. The second kappa shape index (κ2) is 6.40. The van der Waals surface area contributed by atoms with Gasteiger partial charge in [-0.1, -0.05) is 6.42 Å². The van der Waals surface area contributed by atoms with Crippen LogP contribution in [0.4, 0.5) is 0 Å². The van der Waals surface area contributed by atoms with Crippen molar-refractivity contribution in [2.24, 2.45) is 17.8 Å². The van der Waals surface area contributed by atoms with Crippen LogP contribution in [0, 0.1) is 17.8 Å². The largest absolute Gasteiger partial charge is 0.317 e. The van der Waals surface area contributed by atoms with E-state index in [1.54, 1.807) is 0 Å². The topological polar surface area (TPSA) is 15.3 Å². The van der Waals surface area contributed by atoms with Crippen molar-refractivity contribution >= 4 is 12.4 Å². The molecule has 2 saturated heterocycles. The Morgan fingerprint density at radius 3 is 2.24 bits per heavy atom. The zero-order valence-electron chi connectivity index (χ0n) is 10.9. The van der Waals surface area contributed by atoms with Crippen molar-refractivity contribution in [2.45, 2.75) is 38.5 Å². The van der Waals surface area contributed by atoms with E-state index in [1.165, 1.54) is 71.2 Å². The zero-order valence-corrected chi connectivity index (χ0v) is 11.7. The molecule has 0 amide bonds. The molecule has 17 heavy (non-hydrogen) atoms. The fourth-order valence-electron chi connectivity index (χ4n) is 4.05. The van der Waals surface area contributed by atoms with Crippen LogP contribution in [0.15, 0.2) is 0 Å². The molecule has 0 bridgehead atoms. The Morgan fingerprint density at radius 2 is 1.59 bits per heavy atom. The van der Waals surface area contributed by atoms with E-state index in [9.17, 15) is 0 Å². The summed E-state index contributed by atoms with van der Waals surface area (Å²) in [6.07, 6.45) is 8.85. The van der Waals surface area contributed by atoms with Gasteiger partial charge in [-0.05, 0) is 69.5 Å². The lowest BCUT2D eigenvalue weighted by molar-refractivity contribution is 0.258. The third-order valence-electron chi connectivity index (χ3n) is 5.11. The quantitative estimate of drug-likeness (QED) is 0.837. The summed E-state index contributed by atoms with van der Waals surface area (Å²) in [5, 5.41) is 3.46. The fourth-order valence-corrected chi connectivity index (χ4v) is 4.05. The Hall–Kier alpha value is 0.210. The molecular formula is C14H27ClN2. The van der Waals surface area contributed by atoms with E-state index in [0.717, 1.165) is 17.8 Å². The van der Waals surface area contributed by atoms with Gasteiger partial charge in [-0.25, -0.2) is 0 Å². The van der Waals surface area contributed by atoms with E-state index in [2.05, 4.69) is 10.2 Å². The maximum atomic E-state index is 3.46. The number of hydrogen-bond acceptors (Lipinski definition) is 2. The minimum atomic E-state index is 0. The molecule has 3 rings (SSSR count). The molecule has 1 N–H and O–H groups in total. The molecule has 0 aromatic rings. The first kappa shape index (κ1) is 13.6. The molecule has 0 spiro atoms. The lowest BCUT2D eigenvalue weighted by atomic mass is 9.94.